The lowest BCUT2D eigenvalue weighted by Crippen LogP contribution is -2.46. The van der Waals surface area contributed by atoms with Crippen molar-refractivity contribution in [1.29, 1.82) is 0 Å². The van der Waals surface area contributed by atoms with Crippen molar-refractivity contribution in [3.8, 4) is 5.75 Å². The minimum atomic E-state index is -4.03. The molecule has 34 heavy (non-hydrogen) atoms. The molecule has 0 aliphatic carbocycles. The van der Waals surface area contributed by atoms with E-state index >= 15 is 0 Å². The van der Waals surface area contributed by atoms with E-state index in [0.29, 0.717) is 22.0 Å². The highest BCUT2D eigenvalue weighted by atomic mass is 79.9. The summed E-state index contributed by atoms with van der Waals surface area (Å²) in [5, 5.41) is 0. The van der Waals surface area contributed by atoms with Crippen molar-refractivity contribution in [3.63, 3.8) is 0 Å². The summed E-state index contributed by atoms with van der Waals surface area (Å²) in [5.41, 5.74) is 2.44. The highest BCUT2D eigenvalue weighted by Crippen LogP contribution is 2.39. The molecule has 5 rings (SSSR count). The molecule has 0 bridgehead atoms. The van der Waals surface area contributed by atoms with E-state index in [1.165, 1.54) is 17.5 Å². The van der Waals surface area contributed by atoms with E-state index < -0.39 is 27.9 Å². The van der Waals surface area contributed by atoms with Crippen molar-refractivity contribution in [2.75, 3.05) is 20.2 Å². The molecule has 0 fully saturated rings. The topological polar surface area (TPSA) is 84.0 Å². The van der Waals surface area contributed by atoms with Crippen LogP contribution in [0.4, 0.5) is 0 Å². The minimum absolute atomic E-state index is 0.0242. The minimum Gasteiger partial charge on any atom is -0.495 e. The second kappa shape index (κ2) is 8.65. The number of imide groups is 1. The monoisotopic (exact) mass is 540 g/mol. The summed E-state index contributed by atoms with van der Waals surface area (Å²) in [4.78, 5) is 27.3. The Hall–Kier alpha value is -3.01. The van der Waals surface area contributed by atoms with Crippen molar-refractivity contribution < 1.29 is 22.7 Å². The molecule has 2 aliphatic heterocycles. The number of fused-ring (bicyclic) bond motifs is 2. The number of amides is 2. The predicted molar refractivity (Wildman–Crippen MR) is 129 cm³/mol. The SMILES string of the molecule is COc1ccc(Br)cc1S(=O)(=O)N1CCc2ccccc2[C@H]1CN1C(=O)c2ccccc2C1=O. The van der Waals surface area contributed by atoms with Crippen LogP contribution in [0.25, 0.3) is 0 Å². The number of carbonyl (C=O) groups excluding carboxylic acids is 2. The lowest BCUT2D eigenvalue weighted by atomic mass is 9.94. The summed E-state index contributed by atoms with van der Waals surface area (Å²) >= 11 is 3.35. The average Bonchev–Trinajstić information content (AvgIpc) is 3.09. The van der Waals surface area contributed by atoms with Gasteiger partial charge in [-0.1, -0.05) is 52.3 Å². The number of hydrogen-bond donors (Lipinski definition) is 0. The number of hydrogen-bond acceptors (Lipinski definition) is 5. The lowest BCUT2D eigenvalue weighted by molar-refractivity contribution is 0.0616. The third-order valence-corrected chi connectivity index (χ3v) is 8.73. The molecule has 174 valence electrons. The zero-order chi connectivity index (χ0) is 24.0. The molecule has 3 aromatic rings. The summed E-state index contributed by atoms with van der Waals surface area (Å²) in [6, 6.07) is 18.3. The number of methoxy groups -OCH3 is 1. The van der Waals surface area contributed by atoms with E-state index in [4.69, 9.17) is 4.74 Å². The molecule has 0 N–H and O–H groups in total. The zero-order valence-corrected chi connectivity index (χ0v) is 20.7. The molecule has 1 atom stereocenters. The first kappa shape index (κ1) is 22.8. The fourth-order valence-corrected chi connectivity index (χ4v) is 6.96. The maximum Gasteiger partial charge on any atom is 0.261 e. The highest BCUT2D eigenvalue weighted by Gasteiger charge is 2.43. The molecule has 0 radical (unpaired) electrons. The Morgan fingerprint density at radius 1 is 0.971 bits per heavy atom. The maximum atomic E-state index is 13.9. The summed E-state index contributed by atoms with van der Waals surface area (Å²) in [6.07, 6.45) is 0.518. The molecule has 2 heterocycles. The Kier molecular flexibility index (Phi) is 5.79. The number of rotatable bonds is 5. The predicted octanol–water partition coefficient (Wildman–Crippen LogP) is 4.04. The van der Waals surface area contributed by atoms with Crippen LogP contribution >= 0.6 is 15.9 Å². The van der Waals surface area contributed by atoms with Gasteiger partial charge in [-0.05, 0) is 47.9 Å². The first-order valence-corrected chi connectivity index (χ1v) is 12.9. The van der Waals surface area contributed by atoms with Gasteiger partial charge in [-0.15, -0.1) is 0 Å². The first-order valence-electron chi connectivity index (χ1n) is 10.7. The number of nitrogens with zero attached hydrogens (tertiary/aromatic N) is 2. The van der Waals surface area contributed by atoms with Crippen LogP contribution in [-0.4, -0.2) is 49.6 Å². The number of carbonyl (C=O) groups is 2. The smallest absolute Gasteiger partial charge is 0.261 e. The van der Waals surface area contributed by atoms with Crippen LogP contribution in [0.3, 0.4) is 0 Å². The molecule has 2 aliphatic rings. The Bertz CT molecular complexity index is 1390. The molecule has 3 aromatic carbocycles. The molecule has 0 saturated heterocycles. The second-order valence-corrected chi connectivity index (χ2v) is 10.9. The average molecular weight is 541 g/mol. The quantitative estimate of drug-likeness (QED) is 0.456. The van der Waals surface area contributed by atoms with Gasteiger partial charge in [0.25, 0.3) is 11.8 Å². The summed E-state index contributed by atoms with van der Waals surface area (Å²) < 4.78 is 35.2. The molecule has 0 aromatic heterocycles. The second-order valence-electron chi connectivity index (χ2n) is 8.14. The van der Waals surface area contributed by atoms with E-state index in [0.717, 1.165) is 16.0 Å². The van der Waals surface area contributed by atoms with Crippen molar-refractivity contribution in [2.24, 2.45) is 0 Å². The van der Waals surface area contributed by atoms with Gasteiger partial charge in [0.1, 0.15) is 10.6 Å². The van der Waals surface area contributed by atoms with Crippen molar-refractivity contribution in [3.05, 3.63) is 93.5 Å². The van der Waals surface area contributed by atoms with Crippen LogP contribution in [0.5, 0.6) is 5.75 Å². The Morgan fingerprint density at radius 2 is 1.62 bits per heavy atom. The largest absolute Gasteiger partial charge is 0.495 e. The molecule has 0 spiro atoms. The number of halogens is 1. The Balaban J connectivity index is 1.59. The van der Waals surface area contributed by atoms with Crippen LogP contribution in [0.15, 0.2) is 76.1 Å². The van der Waals surface area contributed by atoms with E-state index in [1.54, 1.807) is 36.4 Å². The molecular formula is C25H21BrN2O5S. The summed E-state index contributed by atoms with van der Waals surface area (Å²) in [6.45, 7) is 0.127. The molecule has 0 unspecified atom stereocenters. The summed E-state index contributed by atoms with van der Waals surface area (Å²) in [7, 11) is -2.61. The Morgan fingerprint density at radius 3 is 2.29 bits per heavy atom. The molecule has 7 nitrogen and oxygen atoms in total. The Labute approximate surface area is 206 Å². The van der Waals surface area contributed by atoms with Crippen molar-refractivity contribution in [1.82, 2.24) is 9.21 Å². The van der Waals surface area contributed by atoms with Crippen molar-refractivity contribution in [2.45, 2.75) is 17.4 Å². The fraction of sp³-hybridized carbons (Fsp3) is 0.200. The van der Waals surface area contributed by atoms with Gasteiger partial charge in [0, 0.05) is 11.0 Å². The van der Waals surface area contributed by atoms with Crippen LogP contribution < -0.4 is 4.74 Å². The van der Waals surface area contributed by atoms with Gasteiger partial charge in [-0.2, -0.15) is 4.31 Å². The van der Waals surface area contributed by atoms with Crippen molar-refractivity contribution >= 4 is 37.8 Å². The molecule has 2 amide bonds. The normalized spacial score (nSPS) is 18.1. The van der Waals surface area contributed by atoms with Crippen LogP contribution in [0.1, 0.15) is 37.9 Å². The van der Waals surface area contributed by atoms with Crippen LogP contribution in [0.2, 0.25) is 0 Å². The van der Waals surface area contributed by atoms with E-state index in [2.05, 4.69) is 15.9 Å². The molecular weight excluding hydrogens is 520 g/mol. The van der Waals surface area contributed by atoms with Gasteiger partial charge >= 0.3 is 0 Å². The fourth-order valence-electron chi connectivity index (χ4n) is 4.66. The third kappa shape index (κ3) is 3.64. The van der Waals surface area contributed by atoms with Gasteiger partial charge in [-0.25, -0.2) is 8.42 Å². The van der Waals surface area contributed by atoms with Gasteiger partial charge in [0.15, 0.2) is 0 Å². The van der Waals surface area contributed by atoms with E-state index in [-0.39, 0.29) is 23.7 Å². The standard InChI is InChI=1S/C25H21BrN2O5S/c1-33-22-11-10-17(26)14-23(22)34(31,32)28-13-12-16-6-2-3-7-18(16)21(28)15-27-24(29)19-8-4-5-9-20(19)25(27)30/h2-11,14,21H,12-13,15H2,1H3/t21-/m1/s1. The lowest BCUT2D eigenvalue weighted by Gasteiger charge is -2.38. The van der Waals surface area contributed by atoms with E-state index in [9.17, 15) is 18.0 Å². The first-order chi connectivity index (χ1) is 16.3. The number of ether oxygens (including phenoxy) is 1. The van der Waals surface area contributed by atoms with Gasteiger partial charge < -0.3 is 4.74 Å². The highest BCUT2D eigenvalue weighted by molar-refractivity contribution is 9.10. The summed E-state index contributed by atoms with van der Waals surface area (Å²) in [5.74, 6) is -0.608. The van der Waals surface area contributed by atoms with Gasteiger partial charge in [-0.3, -0.25) is 14.5 Å². The van der Waals surface area contributed by atoms with Crippen LogP contribution in [-0.2, 0) is 16.4 Å². The third-order valence-electron chi connectivity index (χ3n) is 6.31. The van der Waals surface area contributed by atoms with Gasteiger partial charge in [0.05, 0.1) is 30.8 Å². The number of benzene rings is 3. The zero-order valence-electron chi connectivity index (χ0n) is 18.3. The molecule has 9 heteroatoms. The van der Waals surface area contributed by atoms with Gasteiger partial charge in [0.2, 0.25) is 10.0 Å². The molecule has 0 saturated carbocycles. The van der Waals surface area contributed by atoms with E-state index in [1.807, 2.05) is 24.3 Å². The van der Waals surface area contributed by atoms with Crippen LogP contribution in [0, 0.1) is 0 Å². The maximum absolute atomic E-state index is 13.9. The number of sulfonamides is 1.